The van der Waals surface area contributed by atoms with Crippen LogP contribution >= 0.6 is 0 Å². The molecule has 169 valence electrons. The quantitative estimate of drug-likeness (QED) is 0.214. The van der Waals surface area contributed by atoms with E-state index in [1.54, 1.807) is 30.5 Å². The monoisotopic (exact) mass is 627 g/mol. The van der Waals surface area contributed by atoms with E-state index in [0.29, 0.717) is 22.4 Å². The van der Waals surface area contributed by atoms with E-state index in [1.807, 2.05) is 72.9 Å². The van der Waals surface area contributed by atoms with Crippen LogP contribution in [0, 0.1) is 34.8 Å². The molecule has 5 rings (SSSR count). The molecule has 0 unspecified atom stereocenters. The summed E-state index contributed by atoms with van der Waals surface area (Å²) in [5.41, 5.74) is 6.45. The maximum absolute atomic E-state index is 8.99. The summed E-state index contributed by atoms with van der Waals surface area (Å²) in [5, 5.41) is 17.7. The molecule has 0 saturated carbocycles. The van der Waals surface area contributed by atoms with Crippen molar-refractivity contribution in [3.8, 4) is 45.8 Å². The van der Waals surface area contributed by atoms with E-state index >= 15 is 0 Å². The van der Waals surface area contributed by atoms with Gasteiger partial charge in [-0.15, -0.1) is 59.7 Å². The average Bonchev–Trinajstić information content (AvgIpc) is 2.94. The van der Waals surface area contributed by atoms with Crippen molar-refractivity contribution in [3.63, 3.8) is 0 Å². The number of nitrogens with zero attached hydrogens (tertiary/aromatic N) is 4. The van der Waals surface area contributed by atoms with E-state index in [4.69, 9.17) is 10.5 Å². The maximum atomic E-state index is 8.99. The van der Waals surface area contributed by atoms with Gasteiger partial charge in [-0.25, -0.2) is 10.5 Å². The molecule has 0 spiro atoms. The van der Waals surface area contributed by atoms with E-state index in [-0.39, 0.29) is 20.1 Å². The minimum atomic E-state index is 0. The summed E-state index contributed by atoms with van der Waals surface area (Å²) in [5.74, 6) is 0. The van der Waals surface area contributed by atoms with Gasteiger partial charge in [0.25, 0.3) is 0 Å². The Morgan fingerprint density at radius 1 is 0.686 bits per heavy atom. The molecule has 0 atom stereocenters. The van der Waals surface area contributed by atoms with Crippen molar-refractivity contribution in [2.24, 2.45) is 0 Å². The van der Waals surface area contributed by atoms with Gasteiger partial charge in [0, 0.05) is 44.6 Å². The Morgan fingerprint density at radius 2 is 1.49 bits per heavy atom. The molecular weight excluding hydrogens is 609 g/mol. The molecule has 0 aliphatic rings. The number of pyridine rings is 2. The van der Waals surface area contributed by atoms with Crippen molar-refractivity contribution in [1.82, 2.24) is 9.97 Å². The Balaban J connectivity index is 0.000000192. The topological polar surface area (TPSA) is 73.4 Å². The second-order valence-corrected chi connectivity index (χ2v) is 7.19. The SMILES string of the molecule is N#Cc1c[c-]c(-c2ccccn2)c(C#N)c1.[Ir].[c-]1ccccc1-c1ccc(-c2ccccc2)cn1. The smallest absolute Gasteiger partial charge is 0.0477 e. The first kappa shape index (κ1) is 25.2. The zero-order valence-electron chi connectivity index (χ0n) is 18.5. The second-order valence-electron chi connectivity index (χ2n) is 7.19. The molecule has 0 amide bonds. The van der Waals surface area contributed by atoms with Crippen LogP contribution in [0.5, 0.6) is 0 Å². The standard InChI is InChI=1S/C17H12N.C13H6N3.Ir/c1-3-7-14(8-4-1)16-11-12-17(18-13-16)15-9-5-2-6-10-15;14-8-10-4-5-12(11(7-10)9-15)13-3-1-2-6-16-13;/h1-9,11-13H;1-4,6-7H;/q2*-1;. The number of hydrogen-bond donors (Lipinski definition) is 0. The fourth-order valence-corrected chi connectivity index (χ4v) is 3.28. The van der Waals surface area contributed by atoms with Crippen molar-refractivity contribution >= 4 is 0 Å². The van der Waals surface area contributed by atoms with Crippen molar-refractivity contribution in [1.29, 1.82) is 10.5 Å². The fraction of sp³-hybridized carbons (Fsp3) is 0. The van der Waals surface area contributed by atoms with Crippen LogP contribution in [0.1, 0.15) is 11.1 Å². The summed E-state index contributed by atoms with van der Waals surface area (Å²) in [6, 6.07) is 41.0. The van der Waals surface area contributed by atoms with Crippen LogP contribution in [0.2, 0.25) is 0 Å². The summed E-state index contributed by atoms with van der Waals surface area (Å²) in [4.78, 5) is 8.64. The second kappa shape index (κ2) is 12.7. The number of benzene rings is 3. The molecule has 5 aromatic rings. The Morgan fingerprint density at radius 3 is 2.11 bits per heavy atom. The third-order valence-electron chi connectivity index (χ3n) is 4.97. The van der Waals surface area contributed by atoms with Crippen LogP contribution in [0.4, 0.5) is 0 Å². The van der Waals surface area contributed by atoms with Gasteiger partial charge >= 0.3 is 0 Å². The molecule has 0 bridgehead atoms. The number of aromatic nitrogens is 2. The maximum Gasteiger partial charge on any atom is 0.0477 e. The van der Waals surface area contributed by atoms with Crippen molar-refractivity contribution in [3.05, 3.63) is 133 Å². The van der Waals surface area contributed by atoms with Crippen LogP contribution in [-0.2, 0) is 20.1 Å². The third kappa shape index (κ3) is 6.56. The van der Waals surface area contributed by atoms with Gasteiger partial charge in [-0.05, 0) is 39.7 Å². The van der Waals surface area contributed by atoms with Crippen LogP contribution < -0.4 is 0 Å². The van der Waals surface area contributed by atoms with E-state index in [2.05, 4.69) is 40.3 Å². The first-order valence-electron chi connectivity index (χ1n) is 10.5. The predicted molar refractivity (Wildman–Crippen MR) is 132 cm³/mol. The molecule has 0 aliphatic carbocycles. The molecular formula is C30H18IrN4-2. The summed E-state index contributed by atoms with van der Waals surface area (Å²) >= 11 is 0. The molecule has 3 aromatic carbocycles. The summed E-state index contributed by atoms with van der Waals surface area (Å²) in [6.07, 6.45) is 3.56. The largest absolute Gasteiger partial charge is 0.305 e. The number of hydrogen-bond acceptors (Lipinski definition) is 4. The van der Waals surface area contributed by atoms with E-state index < -0.39 is 0 Å². The zero-order valence-corrected chi connectivity index (χ0v) is 20.9. The van der Waals surface area contributed by atoms with Gasteiger partial charge in [0.15, 0.2) is 0 Å². The minimum Gasteiger partial charge on any atom is -0.305 e. The minimum absolute atomic E-state index is 0. The van der Waals surface area contributed by atoms with Crippen LogP contribution in [0.15, 0.2) is 109 Å². The van der Waals surface area contributed by atoms with Crippen molar-refractivity contribution in [2.45, 2.75) is 0 Å². The first-order chi connectivity index (χ1) is 16.8. The van der Waals surface area contributed by atoms with Gasteiger partial charge in [0.1, 0.15) is 0 Å². The molecule has 5 heteroatoms. The predicted octanol–water partition coefficient (Wildman–Crippen LogP) is 6.51. The first-order valence-corrected chi connectivity index (χ1v) is 10.5. The van der Waals surface area contributed by atoms with E-state index in [0.717, 1.165) is 16.8 Å². The molecule has 2 aromatic heterocycles. The van der Waals surface area contributed by atoms with Crippen molar-refractivity contribution in [2.75, 3.05) is 0 Å². The normalized spacial score (nSPS) is 9.43. The molecule has 0 aliphatic heterocycles. The molecule has 0 N–H and O–H groups in total. The van der Waals surface area contributed by atoms with E-state index in [9.17, 15) is 0 Å². The molecule has 2 heterocycles. The van der Waals surface area contributed by atoms with Gasteiger partial charge in [-0.2, -0.15) is 0 Å². The number of rotatable bonds is 3. The molecule has 0 fully saturated rings. The Bertz CT molecular complexity index is 1380. The molecule has 35 heavy (non-hydrogen) atoms. The van der Waals surface area contributed by atoms with Gasteiger partial charge in [-0.1, -0.05) is 54.6 Å². The van der Waals surface area contributed by atoms with Gasteiger partial charge in [-0.3, -0.25) is 0 Å². The zero-order chi connectivity index (χ0) is 23.6. The summed E-state index contributed by atoms with van der Waals surface area (Å²) in [6.45, 7) is 0. The molecule has 4 nitrogen and oxygen atoms in total. The summed E-state index contributed by atoms with van der Waals surface area (Å²) in [7, 11) is 0. The molecule has 0 saturated heterocycles. The Labute approximate surface area is 218 Å². The van der Waals surface area contributed by atoms with Crippen LogP contribution in [0.3, 0.4) is 0 Å². The summed E-state index contributed by atoms with van der Waals surface area (Å²) < 4.78 is 0. The Hall–Kier alpha value is -4.41. The van der Waals surface area contributed by atoms with E-state index in [1.165, 1.54) is 5.56 Å². The van der Waals surface area contributed by atoms with Gasteiger partial charge < -0.3 is 9.97 Å². The van der Waals surface area contributed by atoms with Crippen LogP contribution in [-0.4, -0.2) is 9.97 Å². The average molecular weight is 627 g/mol. The van der Waals surface area contributed by atoms with Crippen LogP contribution in [0.25, 0.3) is 33.6 Å². The Kier molecular flexibility index (Phi) is 9.17. The van der Waals surface area contributed by atoms with Gasteiger partial charge in [0.2, 0.25) is 0 Å². The molecule has 1 radical (unpaired) electrons. The van der Waals surface area contributed by atoms with Gasteiger partial charge in [0.05, 0.1) is 0 Å². The fourth-order valence-electron chi connectivity index (χ4n) is 3.28. The third-order valence-corrected chi connectivity index (χ3v) is 4.97. The number of nitriles is 2. The van der Waals surface area contributed by atoms with Crippen molar-refractivity contribution < 1.29 is 20.1 Å².